The fourth-order valence-electron chi connectivity index (χ4n) is 5.46. The normalized spacial score (nSPS) is 13.3. The number of aliphatic carboxylic acids is 1. The number of nitrogens with zero attached hydrogens (tertiary/aromatic N) is 1. The smallest absolute Gasteiger partial charge is 0.433 e. The highest BCUT2D eigenvalue weighted by atomic mass is 31.2. The molecule has 0 radical (unpaired) electrons. The quantitative estimate of drug-likeness (QED) is 0.0506. The van der Waals surface area contributed by atoms with Gasteiger partial charge in [0.15, 0.2) is 5.54 Å². The molecule has 0 heterocycles. The van der Waals surface area contributed by atoms with Crippen molar-refractivity contribution in [2.24, 2.45) is 0 Å². The molecule has 0 aromatic rings. The minimum absolute atomic E-state index is 0.143. The van der Waals surface area contributed by atoms with E-state index in [0.29, 0.717) is 19.3 Å². The molecule has 9 heteroatoms. The van der Waals surface area contributed by atoms with Gasteiger partial charge in [0.1, 0.15) is 0 Å². The molecule has 0 saturated heterocycles. The Hall–Kier alpha value is -0.950. The third-order valence-electron chi connectivity index (χ3n) is 8.00. The van der Waals surface area contributed by atoms with E-state index < -0.39 is 31.8 Å². The van der Waals surface area contributed by atoms with Crippen molar-refractivity contribution in [3.8, 4) is 0 Å². The molecule has 0 aromatic carbocycles. The lowest BCUT2D eigenvalue weighted by molar-refractivity contribution is -0.158. The Morgan fingerprint density at radius 3 is 1.23 bits per heavy atom. The number of unbranched alkanes of at least 4 members (excludes halogenated alkanes) is 21. The largest absolute Gasteiger partial charge is 0.479 e. The van der Waals surface area contributed by atoms with Gasteiger partial charge in [0.2, 0.25) is 5.91 Å². The summed E-state index contributed by atoms with van der Waals surface area (Å²) in [7, 11) is -5.25. The summed E-state index contributed by atoms with van der Waals surface area (Å²) in [6, 6.07) is 0. The molecule has 0 aliphatic heterocycles. The molecule has 1 unspecified atom stereocenters. The fraction of sp³-hybridized carbons (Fsp3) is 0.935. The van der Waals surface area contributed by atoms with E-state index in [9.17, 15) is 34.2 Å². The summed E-state index contributed by atoms with van der Waals surface area (Å²) in [4.78, 5) is 45.1. The number of aliphatic hydroxyl groups is 1. The standard InChI is InChI=1S/C31H62NO7P/c1-3-5-7-9-11-13-15-16-17-18-20-22-24-26-29(34)32(40(37,38)39)31(28-33,30(35)36)27-25-23-21-19-14-12-10-8-6-4-2/h33H,3-28H2,1-2H3,(H,35,36)(H2,37,38,39). The second-order valence-electron chi connectivity index (χ2n) is 11.6. The van der Waals surface area contributed by atoms with Gasteiger partial charge < -0.3 is 20.0 Å². The molecule has 0 aliphatic carbocycles. The Morgan fingerprint density at radius 1 is 0.600 bits per heavy atom. The molecule has 40 heavy (non-hydrogen) atoms. The Labute approximate surface area is 244 Å². The van der Waals surface area contributed by atoms with E-state index in [4.69, 9.17) is 0 Å². The van der Waals surface area contributed by atoms with E-state index in [1.807, 2.05) is 0 Å². The molecule has 4 N–H and O–H groups in total. The van der Waals surface area contributed by atoms with Crippen LogP contribution in [-0.4, -0.2) is 48.7 Å². The van der Waals surface area contributed by atoms with Gasteiger partial charge in [-0.2, -0.15) is 0 Å². The zero-order valence-electron chi connectivity index (χ0n) is 25.8. The lowest BCUT2D eigenvalue weighted by atomic mass is 9.92. The topological polar surface area (TPSA) is 135 Å². The van der Waals surface area contributed by atoms with Gasteiger partial charge in [0.25, 0.3) is 0 Å². The Bertz CT molecular complexity index is 685. The van der Waals surface area contributed by atoms with Crippen LogP contribution in [0, 0.1) is 0 Å². The maximum Gasteiger partial charge on any atom is 0.433 e. The predicted molar refractivity (Wildman–Crippen MR) is 163 cm³/mol. The number of carboxylic acid groups (broad SMARTS) is 1. The molecule has 1 atom stereocenters. The first-order valence-corrected chi connectivity index (χ1v) is 18.0. The number of hydrogen-bond donors (Lipinski definition) is 4. The molecule has 0 aliphatic rings. The van der Waals surface area contributed by atoms with Crippen LogP contribution >= 0.6 is 7.75 Å². The van der Waals surface area contributed by atoms with Crippen molar-refractivity contribution in [1.29, 1.82) is 0 Å². The van der Waals surface area contributed by atoms with E-state index in [0.717, 1.165) is 44.9 Å². The number of aliphatic hydroxyl groups excluding tert-OH is 1. The molecule has 0 aromatic heterocycles. The lowest BCUT2D eigenvalue weighted by Gasteiger charge is -2.39. The Balaban J connectivity index is 4.54. The second kappa shape index (κ2) is 24.6. The first-order valence-electron chi connectivity index (χ1n) is 16.4. The third-order valence-corrected chi connectivity index (χ3v) is 9.13. The van der Waals surface area contributed by atoms with Crippen molar-refractivity contribution in [2.45, 2.75) is 180 Å². The first-order chi connectivity index (χ1) is 19.2. The summed E-state index contributed by atoms with van der Waals surface area (Å²) < 4.78 is 12.5. The SMILES string of the molecule is CCCCCCCCCCCCCCCC(=O)N(C(CO)(CCCCCCCCCCCC)C(=O)O)P(=O)(O)O. The van der Waals surface area contributed by atoms with Crippen LogP contribution < -0.4 is 0 Å². The third kappa shape index (κ3) is 17.8. The number of carbonyl (C=O) groups is 2. The zero-order valence-corrected chi connectivity index (χ0v) is 26.7. The average Bonchev–Trinajstić information content (AvgIpc) is 2.90. The van der Waals surface area contributed by atoms with Gasteiger partial charge in [-0.15, -0.1) is 0 Å². The Kier molecular flexibility index (Phi) is 24.0. The molecular weight excluding hydrogens is 529 g/mol. The fourth-order valence-corrected chi connectivity index (χ4v) is 6.59. The number of carboxylic acids is 1. The Morgan fingerprint density at radius 2 is 0.925 bits per heavy atom. The number of rotatable bonds is 29. The van der Waals surface area contributed by atoms with Crippen LogP contribution in [0.4, 0.5) is 0 Å². The number of hydrogen-bond acceptors (Lipinski definition) is 4. The second-order valence-corrected chi connectivity index (χ2v) is 13.1. The molecule has 238 valence electrons. The molecule has 8 nitrogen and oxygen atoms in total. The van der Waals surface area contributed by atoms with Gasteiger partial charge in [0, 0.05) is 6.42 Å². The monoisotopic (exact) mass is 591 g/mol. The van der Waals surface area contributed by atoms with Crippen molar-refractivity contribution in [3.05, 3.63) is 0 Å². The van der Waals surface area contributed by atoms with Crippen molar-refractivity contribution >= 4 is 19.6 Å². The van der Waals surface area contributed by atoms with Crippen LogP contribution in [0.1, 0.15) is 174 Å². The van der Waals surface area contributed by atoms with E-state index in [2.05, 4.69) is 13.8 Å². The van der Waals surface area contributed by atoms with Gasteiger partial charge in [-0.1, -0.05) is 155 Å². The van der Waals surface area contributed by atoms with Gasteiger partial charge >= 0.3 is 13.7 Å². The summed E-state index contributed by atoms with van der Waals surface area (Å²) in [5, 5.41) is 20.0. The van der Waals surface area contributed by atoms with Crippen molar-refractivity contribution < 1.29 is 34.2 Å². The molecule has 0 fully saturated rings. The first kappa shape index (κ1) is 39.0. The molecule has 0 saturated carbocycles. The van der Waals surface area contributed by atoms with Crippen LogP contribution in [0.5, 0.6) is 0 Å². The van der Waals surface area contributed by atoms with Crippen molar-refractivity contribution in [1.82, 2.24) is 4.67 Å². The van der Waals surface area contributed by atoms with E-state index in [-0.39, 0.29) is 17.5 Å². The van der Waals surface area contributed by atoms with E-state index in [1.54, 1.807) is 0 Å². The van der Waals surface area contributed by atoms with E-state index >= 15 is 0 Å². The summed E-state index contributed by atoms with van der Waals surface area (Å²) >= 11 is 0. The van der Waals surface area contributed by atoms with Crippen LogP contribution in [0.3, 0.4) is 0 Å². The number of amides is 1. The van der Waals surface area contributed by atoms with Crippen LogP contribution in [-0.2, 0) is 14.2 Å². The molecule has 1 amide bonds. The van der Waals surface area contributed by atoms with Crippen LogP contribution in [0.25, 0.3) is 0 Å². The van der Waals surface area contributed by atoms with Crippen molar-refractivity contribution in [2.75, 3.05) is 6.61 Å². The average molecular weight is 592 g/mol. The minimum atomic E-state index is -5.25. The molecule has 0 rings (SSSR count). The van der Waals surface area contributed by atoms with Crippen LogP contribution in [0.2, 0.25) is 0 Å². The lowest BCUT2D eigenvalue weighted by Crippen LogP contribution is -2.58. The van der Waals surface area contributed by atoms with Crippen molar-refractivity contribution in [3.63, 3.8) is 0 Å². The van der Waals surface area contributed by atoms with Gasteiger partial charge in [-0.25, -0.2) is 14.0 Å². The summed E-state index contributed by atoms with van der Waals surface area (Å²) in [6.07, 6.45) is 24.5. The summed E-state index contributed by atoms with van der Waals surface area (Å²) in [6.45, 7) is 3.38. The van der Waals surface area contributed by atoms with Gasteiger partial charge in [-0.3, -0.25) is 4.79 Å². The molecular formula is C31H62NO7P. The highest BCUT2D eigenvalue weighted by Gasteiger charge is 2.53. The number of carbonyl (C=O) groups excluding carboxylic acids is 1. The zero-order chi connectivity index (χ0) is 30.1. The molecule has 0 spiro atoms. The summed E-state index contributed by atoms with van der Waals surface area (Å²) in [5.74, 6) is -2.48. The van der Waals surface area contributed by atoms with Crippen LogP contribution in [0.15, 0.2) is 0 Å². The van der Waals surface area contributed by atoms with Gasteiger partial charge in [0.05, 0.1) is 6.61 Å². The highest BCUT2D eigenvalue weighted by molar-refractivity contribution is 7.50. The van der Waals surface area contributed by atoms with Gasteiger partial charge in [-0.05, 0) is 12.8 Å². The molecule has 0 bridgehead atoms. The predicted octanol–water partition coefficient (Wildman–Crippen LogP) is 8.52. The maximum atomic E-state index is 12.9. The minimum Gasteiger partial charge on any atom is -0.479 e. The summed E-state index contributed by atoms with van der Waals surface area (Å²) in [5.41, 5.74) is -2.31. The van der Waals surface area contributed by atoms with E-state index in [1.165, 1.54) is 83.5 Å². The highest BCUT2D eigenvalue weighted by Crippen LogP contribution is 2.48. The maximum absolute atomic E-state index is 12.9.